The average molecular weight is 604 g/mol. The summed E-state index contributed by atoms with van der Waals surface area (Å²) in [6.07, 6.45) is -0.183. The highest BCUT2D eigenvalue weighted by Crippen LogP contribution is 2.33. The molecule has 0 aliphatic carbocycles. The van der Waals surface area contributed by atoms with Crippen LogP contribution < -0.4 is 20.2 Å². The summed E-state index contributed by atoms with van der Waals surface area (Å²) in [5.74, 6) is -0.459. The van der Waals surface area contributed by atoms with Crippen LogP contribution in [-0.2, 0) is 19.6 Å². The lowest BCUT2D eigenvalue weighted by Gasteiger charge is -2.10. The van der Waals surface area contributed by atoms with Gasteiger partial charge in [0.15, 0.2) is 0 Å². The van der Waals surface area contributed by atoms with E-state index in [9.17, 15) is 28.1 Å². The van der Waals surface area contributed by atoms with Gasteiger partial charge in [0, 0.05) is 22.3 Å². The van der Waals surface area contributed by atoms with Crippen molar-refractivity contribution in [1.82, 2.24) is 0 Å². The van der Waals surface area contributed by atoms with Gasteiger partial charge >= 0.3 is 5.97 Å². The third-order valence-corrected chi connectivity index (χ3v) is 8.22. The highest BCUT2D eigenvalue weighted by atomic mass is 32.2. The maximum atomic E-state index is 12.8. The molecule has 0 aliphatic rings. The Morgan fingerprint density at radius 2 is 1.80 bits per heavy atom. The van der Waals surface area contributed by atoms with Gasteiger partial charge in [0.05, 0.1) is 35.5 Å². The monoisotopic (exact) mass is 603 g/mol. The number of carbonyl (C=O) groups excluding carboxylic acids is 2. The van der Waals surface area contributed by atoms with Gasteiger partial charge in [-0.15, -0.1) is 11.3 Å². The summed E-state index contributed by atoms with van der Waals surface area (Å²) in [5.41, 5.74) is 3.45. The van der Waals surface area contributed by atoms with Crippen LogP contribution in [0.1, 0.15) is 41.1 Å². The van der Waals surface area contributed by atoms with Crippen LogP contribution in [0.15, 0.2) is 52.5 Å². The number of sulfonamides is 1. The van der Waals surface area contributed by atoms with Crippen molar-refractivity contribution in [2.45, 2.75) is 39.0 Å². The number of aryl methyl sites for hydroxylation is 1. The predicted octanol–water partition coefficient (Wildman–Crippen LogP) is 5.08. The number of anilines is 3. The van der Waals surface area contributed by atoms with Gasteiger partial charge in [-0.25, -0.2) is 13.2 Å². The van der Waals surface area contributed by atoms with Crippen molar-refractivity contribution in [3.63, 3.8) is 0 Å². The Morgan fingerprint density at radius 3 is 2.41 bits per heavy atom. The molecule has 3 aromatic rings. The van der Waals surface area contributed by atoms with E-state index in [0.717, 1.165) is 10.9 Å². The molecule has 0 saturated carbocycles. The minimum atomic E-state index is -4.14. The van der Waals surface area contributed by atoms with E-state index in [2.05, 4.69) is 20.6 Å². The number of methoxy groups -OCH3 is 1. The van der Waals surface area contributed by atoms with Crippen molar-refractivity contribution in [2.24, 2.45) is 5.10 Å². The zero-order valence-electron chi connectivity index (χ0n) is 22.9. The molecular weight excluding hydrogens is 574 g/mol. The molecule has 1 amide bonds. The van der Waals surface area contributed by atoms with Crippen molar-refractivity contribution < 1.29 is 32.4 Å². The molecule has 0 spiro atoms. The smallest absolute Gasteiger partial charge is 0.341 e. The van der Waals surface area contributed by atoms with Crippen molar-refractivity contribution in [3.8, 4) is 5.75 Å². The molecule has 0 fully saturated rings. The standard InChI is InChI=1S/C26H29N5O8S2/c1-6-39-26(33)24-16(3)17(4)40-25(24)27-23(32)13-15(2)28-29-21-12-11-20(14-22(21)31(34)35)41(36,37)30-18-7-9-19(38-5)10-8-18/h7-12,14,29-30H,6,13H2,1-5H3,(H,27,32). The SMILES string of the molecule is CCOC(=O)c1c(NC(=O)CC(C)=NNc2ccc(S(=O)(=O)Nc3ccc(OC)cc3)cc2[N+](=O)[O-])sc(C)c1C. The highest BCUT2D eigenvalue weighted by Gasteiger charge is 2.23. The van der Waals surface area contributed by atoms with Crippen LogP contribution in [0, 0.1) is 24.0 Å². The number of carbonyl (C=O) groups is 2. The molecule has 1 aromatic heterocycles. The Labute approximate surface area is 240 Å². The molecule has 15 heteroatoms. The van der Waals surface area contributed by atoms with Crippen LogP contribution in [0.3, 0.4) is 0 Å². The Bertz CT molecular complexity index is 1600. The molecule has 0 unspecified atom stereocenters. The summed E-state index contributed by atoms with van der Waals surface area (Å²) in [6.45, 7) is 7.01. The number of amides is 1. The van der Waals surface area contributed by atoms with Gasteiger partial charge < -0.3 is 14.8 Å². The molecule has 2 aromatic carbocycles. The third-order valence-electron chi connectivity index (χ3n) is 5.72. The maximum absolute atomic E-state index is 12.8. The fraction of sp³-hybridized carbons (Fsp3) is 0.269. The number of nitro groups is 1. The summed E-state index contributed by atoms with van der Waals surface area (Å²) in [7, 11) is -2.67. The summed E-state index contributed by atoms with van der Waals surface area (Å²) in [4.78, 5) is 36.5. The summed E-state index contributed by atoms with van der Waals surface area (Å²) < 4.78 is 38.1. The summed E-state index contributed by atoms with van der Waals surface area (Å²) >= 11 is 1.25. The first-order valence-corrected chi connectivity index (χ1v) is 14.5. The molecule has 0 saturated heterocycles. The number of hydrazone groups is 1. The quantitative estimate of drug-likeness (QED) is 0.110. The van der Waals surface area contributed by atoms with E-state index in [4.69, 9.17) is 9.47 Å². The van der Waals surface area contributed by atoms with Gasteiger partial charge in [-0.05, 0) is 69.7 Å². The number of rotatable bonds is 12. The first-order chi connectivity index (χ1) is 19.4. The van der Waals surface area contributed by atoms with Crippen LogP contribution >= 0.6 is 11.3 Å². The van der Waals surface area contributed by atoms with E-state index >= 15 is 0 Å². The maximum Gasteiger partial charge on any atom is 0.341 e. The van der Waals surface area contributed by atoms with E-state index < -0.39 is 32.5 Å². The average Bonchev–Trinajstić information content (AvgIpc) is 3.19. The molecule has 0 bridgehead atoms. The number of nitrogens with one attached hydrogen (secondary N) is 3. The second kappa shape index (κ2) is 13.2. The second-order valence-electron chi connectivity index (χ2n) is 8.66. The number of nitro benzene ring substituents is 1. The van der Waals surface area contributed by atoms with E-state index in [-0.39, 0.29) is 35.0 Å². The number of benzene rings is 2. The van der Waals surface area contributed by atoms with Crippen LogP contribution in [-0.4, -0.2) is 44.6 Å². The predicted molar refractivity (Wildman–Crippen MR) is 157 cm³/mol. The Hall–Kier alpha value is -4.50. The van der Waals surface area contributed by atoms with Crippen molar-refractivity contribution >= 4 is 61.0 Å². The number of hydrogen-bond donors (Lipinski definition) is 3. The molecule has 3 rings (SSSR count). The van der Waals surface area contributed by atoms with Gasteiger partial charge in [0.2, 0.25) is 5.91 Å². The lowest BCUT2D eigenvalue weighted by molar-refractivity contribution is -0.384. The van der Waals surface area contributed by atoms with E-state index in [1.54, 1.807) is 26.0 Å². The summed E-state index contributed by atoms with van der Waals surface area (Å²) in [6, 6.07) is 9.42. The largest absolute Gasteiger partial charge is 0.497 e. The first-order valence-electron chi connectivity index (χ1n) is 12.2. The van der Waals surface area contributed by atoms with Crippen molar-refractivity contribution in [1.29, 1.82) is 0 Å². The van der Waals surface area contributed by atoms with Gasteiger partial charge in [-0.2, -0.15) is 5.10 Å². The molecule has 218 valence electrons. The van der Waals surface area contributed by atoms with Crippen LogP contribution in [0.4, 0.5) is 22.1 Å². The number of hydrogen-bond acceptors (Lipinski definition) is 11. The van der Waals surface area contributed by atoms with Gasteiger partial charge in [-0.1, -0.05) is 0 Å². The van der Waals surface area contributed by atoms with Crippen LogP contribution in [0.5, 0.6) is 5.75 Å². The van der Waals surface area contributed by atoms with E-state index in [1.165, 1.54) is 49.6 Å². The van der Waals surface area contributed by atoms with Crippen LogP contribution in [0.2, 0.25) is 0 Å². The Kier molecular flexibility index (Phi) is 10.0. The van der Waals surface area contributed by atoms with Gasteiger partial charge in [0.1, 0.15) is 16.4 Å². The minimum absolute atomic E-state index is 0.0766. The molecule has 3 N–H and O–H groups in total. The Morgan fingerprint density at radius 1 is 1.12 bits per heavy atom. The summed E-state index contributed by atoms with van der Waals surface area (Å²) in [5, 5.41) is 18.8. The number of ether oxygens (including phenoxy) is 2. The third kappa shape index (κ3) is 7.79. The molecule has 0 aliphatic heterocycles. The fourth-order valence-electron chi connectivity index (χ4n) is 3.56. The normalized spacial score (nSPS) is 11.5. The molecular formula is C26H29N5O8S2. The van der Waals surface area contributed by atoms with Crippen molar-refractivity contribution in [3.05, 3.63) is 68.6 Å². The lowest BCUT2D eigenvalue weighted by Crippen LogP contribution is -2.17. The van der Waals surface area contributed by atoms with Gasteiger partial charge in [-0.3, -0.25) is 25.1 Å². The Balaban J connectivity index is 1.73. The van der Waals surface area contributed by atoms with E-state index in [1.807, 2.05) is 6.92 Å². The molecule has 0 atom stereocenters. The number of nitrogens with zero attached hydrogens (tertiary/aromatic N) is 2. The van der Waals surface area contributed by atoms with Crippen molar-refractivity contribution in [2.75, 3.05) is 29.2 Å². The second-order valence-corrected chi connectivity index (χ2v) is 11.6. The zero-order chi connectivity index (χ0) is 30.3. The number of thiophene rings is 1. The minimum Gasteiger partial charge on any atom is -0.497 e. The zero-order valence-corrected chi connectivity index (χ0v) is 24.6. The highest BCUT2D eigenvalue weighted by molar-refractivity contribution is 7.92. The molecule has 0 radical (unpaired) electrons. The molecule has 41 heavy (non-hydrogen) atoms. The first kappa shape index (κ1) is 31.0. The van der Waals surface area contributed by atoms with Crippen LogP contribution in [0.25, 0.3) is 0 Å². The molecule has 1 heterocycles. The van der Waals surface area contributed by atoms with Gasteiger partial charge in [0.25, 0.3) is 15.7 Å². The lowest BCUT2D eigenvalue weighted by atomic mass is 10.1. The molecule has 13 nitrogen and oxygen atoms in total. The fourth-order valence-corrected chi connectivity index (χ4v) is 5.70. The van der Waals surface area contributed by atoms with E-state index in [0.29, 0.717) is 21.9 Å². The topological polar surface area (TPSA) is 178 Å². The number of esters is 1.